The molecule has 2 aliphatic heterocycles. The number of piperidine rings is 1. The van der Waals surface area contributed by atoms with E-state index < -0.39 is 0 Å². The third kappa shape index (κ3) is 4.19. The van der Waals surface area contributed by atoms with E-state index in [0.717, 1.165) is 13.1 Å². The standard InChI is InChI=1S/C17H33N3O/c1-13(2)10-20(15-6-8-18(5)9-7-15)16-11-19(12-16)17(21)14(3)4/h13-16H,6-12H2,1-5H3. The molecule has 1 amide bonds. The van der Waals surface area contributed by atoms with E-state index in [4.69, 9.17) is 0 Å². The predicted molar refractivity (Wildman–Crippen MR) is 87.3 cm³/mol. The molecule has 4 heteroatoms. The highest BCUT2D eigenvalue weighted by atomic mass is 16.2. The molecule has 0 aromatic heterocycles. The number of rotatable bonds is 5. The maximum absolute atomic E-state index is 12.0. The van der Waals surface area contributed by atoms with E-state index >= 15 is 0 Å². The first-order chi connectivity index (χ1) is 9.88. The van der Waals surface area contributed by atoms with E-state index in [1.54, 1.807) is 0 Å². The summed E-state index contributed by atoms with van der Waals surface area (Å²) in [4.78, 5) is 19.2. The number of nitrogens with zero attached hydrogens (tertiary/aromatic N) is 3. The van der Waals surface area contributed by atoms with Crippen LogP contribution in [0.2, 0.25) is 0 Å². The molecule has 0 aromatic carbocycles. The molecule has 0 unspecified atom stereocenters. The topological polar surface area (TPSA) is 26.8 Å². The van der Waals surface area contributed by atoms with Gasteiger partial charge in [-0.15, -0.1) is 0 Å². The summed E-state index contributed by atoms with van der Waals surface area (Å²) in [6.45, 7) is 14.1. The van der Waals surface area contributed by atoms with Gasteiger partial charge in [0.05, 0.1) is 0 Å². The Morgan fingerprint density at radius 3 is 2.14 bits per heavy atom. The predicted octanol–water partition coefficient (Wildman–Crippen LogP) is 1.91. The molecular formula is C17H33N3O. The number of hydrogen-bond donors (Lipinski definition) is 0. The molecule has 0 atom stereocenters. The van der Waals surface area contributed by atoms with Crippen LogP contribution in [0.15, 0.2) is 0 Å². The average Bonchev–Trinajstić information content (AvgIpc) is 2.36. The fourth-order valence-corrected chi connectivity index (χ4v) is 3.55. The van der Waals surface area contributed by atoms with Gasteiger partial charge >= 0.3 is 0 Å². The lowest BCUT2D eigenvalue weighted by atomic mass is 9.95. The maximum Gasteiger partial charge on any atom is 0.225 e. The number of likely N-dealkylation sites (tertiary alicyclic amines) is 2. The lowest BCUT2D eigenvalue weighted by molar-refractivity contribution is -0.143. The van der Waals surface area contributed by atoms with Gasteiger partial charge in [-0.3, -0.25) is 9.69 Å². The first-order valence-corrected chi connectivity index (χ1v) is 8.61. The number of amides is 1. The van der Waals surface area contributed by atoms with Crippen LogP contribution in [0.5, 0.6) is 0 Å². The molecule has 4 nitrogen and oxygen atoms in total. The van der Waals surface area contributed by atoms with Crippen molar-refractivity contribution in [3.05, 3.63) is 0 Å². The van der Waals surface area contributed by atoms with Crippen LogP contribution in [0.3, 0.4) is 0 Å². The van der Waals surface area contributed by atoms with E-state index in [9.17, 15) is 4.79 Å². The number of hydrogen-bond acceptors (Lipinski definition) is 3. The monoisotopic (exact) mass is 295 g/mol. The second kappa shape index (κ2) is 7.10. The summed E-state index contributed by atoms with van der Waals surface area (Å²) >= 11 is 0. The Kier molecular flexibility index (Phi) is 5.67. The Morgan fingerprint density at radius 2 is 1.67 bits per heavy atom. The van der Waals surface area contributed by atoms with Crippen molar-refractivity contribution in [1.82, 2.24) is 14.7 Å². The van der Waals surface area contributed by atoms with Crippen LogP contribution in [-0.4, -0.2) is 72.5 Å². The van der Waals surface area contributed by atoms with Crippen molar-refractivity contribution in [2.45, 2.75) is 52.6 Å². The molecule has 0 aliphatic carbocycles. The summed E-state index contributed by atoms with van der Waals surface area (Å²) < 4.78 is 0. The average molecular weight is 295 g/mol. The molecular weight excluding hydrogens is 262 g/mol. The lowest BCUT2D eigenvalue weighted by Crippen LogP contribution is -2.65. The van der Waals surface area contributed by atoms with Crippen molar-refractivity contribution in [1.29, 1.82) is 0 Å². The summed E-state index contributed by atoms with van der Waals surface area (Å²) in [5.74, 6) is 1.14. The highest BCUT2D eigenvalue weighted by Gasteiger charge is 2.38. The van der Waals surface area contributed by atoms with Crippen molar-refractivity contribution in [3.63, 3.8) is 0 Å². The van der Waals surface area contributed by atoms with Gasteiger partial charge in [-0.1, -0.05) is 27.7 Å². The molecule has 0 saturated carbocycles. The molecule has 122 valence electrons. The van der Waals surface area contributed by atoms with Gasteiger partial charge in [0.2, 0.25) is 5.91 Å². The van der Waals surface area contributed by atoms with Crippen molar-refractivity contribution in [3.8, 4) is 0 Å². The van der Waals surface area contributed by atoms with Crippen LogP contribution >= 0.6 is 0 Å². The summed E-state index contributed by atoms with van der Waals surface area (Å²) in [5, 5.41) is 0. The van der Waals surface area contributed by atoms with E-state index in [0.29, 0.717) is 23.9 Å². The molecule has 2 saturated heterocycles. The zero-order chi connectivity index (χ0) is 15.6. The summed E-state index contributed by atoms with van der Waals surface area (Å²) in [7, 11) is 2.22. The Labute approximate surface area is 130 Å². The van der Waals surface area contributed by atoms with E-state index in [2.05, 4.69) is 30.7 Å². The second-order valence-electron chi connectivity index (χ2n) is 7.68. The quantitative estimate of drug-likeness (QED) is 0.775. The van der Waals surface area contributed by atoms with Gasteiger partial charge in [0.25, 0.3) is 0 Å². The highest BCUT2D eigenvalue weighted by Crippen LogP contribution is 2.25. The highest BCUT2D eigenvalue weighted by molar-refractivity contribution is 5.79. The van der Waals surface area contributed by atoms with Gasteiger partial charge in [0, 0.05) is 37.6 Å². The van der Waals surface area contributed by atoms with Crippen LogP contribution in [0.1, 0.15) is 40.5 Å². The first-order valence-electron chi connectivity index (χ1n) is 8.61. The van der Waals surface area contributed by atoms with Gasteiger partial charge in [-0.05, 0) is 38.9 Å². The Hall–Kier alpha value is -0.610. The molecule has 2 heterocycles. The molecule has 2 aliphatic rings. The summed E-state index contributed by atoms with van der Waals surface area (Å²) in [5.41, 5.74) is 0. The molecule has 2 rings (SSSR count). The Bertz CT molecular complexity index is 342. The Morgan fingerprint density at radius 1 is 1.10 bits per heavy atom. The number of carbonyl (C=O) groups excluding carboxylic acids is 1. The van der Waals surface area contributed by atoms with Gasteiger partial charge in [-0.25, -0.2) is 0 Å². The van der Waals surface area contributed by atoms with Gasteiger partial charge in [0.1, 0.15) is 0 Å². The smallest absolute Gasteiger partial charge is 0.225 e. The molecule has 0 N–H and O–H groups in total. The maximum atomic E-state index is 12.0. The zero-order valence-electron chi connectivity index (χ0n) is 14.5. The molecule has 0 spiro atoms. The minimum atomic E-state index is 0.132. The van der Waals surface area contributed by atoms with Crippen LogP contribution in [-0.2, 0) is 4.79 Å². The minimum absolute atomic E-state index is 0.132. The van der Waals surface area contributed by atoms with E-state index in [1.165, 1.54) is 32.5 Å². The molecule has 21 heavy (non-hydrogen) atoms. The van der Waals surface area contributed by atoms with Crippen LogP contribution in [0, 0.1) is 11.8 Å². The fraction of sp³-hybridized carbons (Fsp3) is 0.941. The largest absolute Gasteiger partial charge is 0.339 e. The SMILES string of the molecule is CC(C)CN(C1CCN(C)CC1)C1CN(C(=O)C(C)C)C1. The lowest BCUT2D eigenvalue weighted by Gasteiger charge is -2.50. The normalized spacial score (nSPS) is 22.4. The van der Waals surface area contributed by atoms with E-state index in [1.807, 2.05) is 18.7 Å². The van der Waals surface area contributed by atoms with Crippen LogP contribution < -0.4 is 0 Å². The van der Waals surface area contributed by atoms with Crippen molar-refractivity contribution >= 4 is 5.91 Å². The zero-order valence-corrected chi connectivity index (χ0v) is 14.5. The van der Waals surface area contributed by atoms with Crippen LogP contribution in [0.25, 0.3) is 0 Å². The number of carbonyl (C=O) groups is 1. The van der Waals surface area contributed by atoms with Crippen molar-refractivity contribution in [2.24, 2.45) is 11.8 Å². The van der Waals surface area contributed by atoms with Crippen LogP contribution in [0.4, 0.5) is 0 Å². The van der Waals surface area contributed by atoms with E-state index in [-0.39, 0.29) is 5.92 Å². The minimum Gasteiger partial charge on any atom is -0.339 e. The summed E-state index contributed by atoms with van der Waals surface area (Å²) in [6.07, 6.45) is 2.55. The summed E-state index contributed by atoms with van der Waals surface area (Å²) in [6, 6.07) is 1.30. The second-order valence-corrected chi connectivity index (χ2v) is 7.68. The van der Waals surface area contributed by atoms with Crippen molar-refractivity contribution < 1.29 is 4.79 Å². The fourth-order valence-electron chi connectivity index (χ4n) is 3.55. The molecule has 0 radical (unpaired) electrons. The molecule has 0 aromatic rings. The molecule has 2 fully saturated rings. The van der Waals surface area contributed by atoms with Gasteiger partial charge in [0.15, 0.2) is 0 Å². The molecule has 0 bridgehead atoms. The Balaban J connectivity index is 1.91. The third-order valence-electron chi connectivity index (χ3n) is 4.87. The third-order valence-corrected chi connectivity index (χ3v) is 4.87. The van der Waals surface area contributed by atoms with Gasteiger partial charge < -0.3 is 9.80 Å². The first kappa shape index (κ1) is 16.8. The van der Waals surface area contributed by atoms with Gasteiger partial charge in [-0.2, -0.15) is 0 Å². The van der Waals surface area contributed by atoms with Crippen molar-refractivity contribution in [2.75, 3.05) is 39.8 Å².